The second-order valence-corrected chi connectivity index (χ2v) is 3.71. The Morgan fingerprint density at radius 2 is 2.00 bits per heavy atom. The standard InChI is InChI=1S/C9H15NO3/c1-7(11)10-6-4-3-5-9(10,2)8(12)13/h3-6H2,1-2H3,(H,12,13)/t9-/m0/s1. The maximum Gasteiger partial charge on any atom is 0.329 e. The number of carboxylic acid groups (broad SMARTS) is 1. The molecular weight excluding hydrogens is 170 g/mol. The van der Waals surface area contributed by atoms with E-state index in [1.165, 1.54) is 11.8 Å². The molecule has 0 aromatic carbocycles. The highest BCUT2D eigenvalue weighted by Crippen LogP contribution is 2.27. The van der Waals surface area contributed by atoms with Gasteiger partial charge < -0.3 is 10.0 Å². The lowest BCUT2D eigenvalue weighted by molar-refractivity contribution is -0.160. The van der Waals surface area contributed by atoms with Gasteiger partial charge in [0.15, 0.2) is 0 Å². The van der Waals surface area contributed by atoms with Crippen LogP contribution in [0.25, 0.3) is 0 Å². The number of piperidine rings is 1. The maximum atomic E-state index is 11.2. The van der Waals surface area contributed by atoms with Gasteiger partial charge in [-0.15, -0.1) is 0 Å². The Labute approximate surface area is 77.5 Å². The molecule has 74 valence electrons. The van der Waals surface area contributed by atoms with E-state index in [0.29, 0.717) is 13.0 Å². The van der Waals surface area contributed by atoms with E-state index in [4.69, 9.17) is 5.11 Å². The van der Waals surface area contributed by atoms with Gasteiger partial charge in [-0.05, 0) is 26.2 Å². The van der Waals surface area contributed by atoms with Gasteiger partial charge in [0.1, 0.15) is 5.54 Å². The Hall–Kier alpha value is -1.06. The predicted octanol–water partition coefficient (Wildman–Crippen LogP) is 0.862. The van der Waals surface area contributed by atoms with Crippen molar-refractivity contribution in [2.24, 2.45) is 0 Å². The minimum absolute atomic E-state index is 0.149. The molecule has 1 heterocycles. The number of rotatable bonds is 1. The molecule has 1 aliphatic heterocycles. The summed E-state index contributed by atoms with van der Waals surface area (Å²) in [5.41, 5.74) is -0.982. The summed E-state index contributed by atoms with van der Waals surface area (Å²) in [5, 5.41) is 9.02. The Morgan fingerprint density at radius 1 is 1.38 bits per heavy atom. The molecule has 1 aliphatic rings. The zero-order valence-corrected chi connectivity index (χ0v) is 8.04. The van der Waals surface area contributed by atoms with Gasteiger partial charge in [-0.25, -0.2) is 4.79 Å². The van der Waals surface area contributed by atoms with Crippen LogP contribution >= 0.6 is 0 Å². The van der Waals surface area contributed by atoms with E-state index in [9.17, 15) is 9.59 Å². The number of carbonyl (C=O) groups excluding carboxylic acids is 1. The molecule has 0 unspecified atom stereocenters. The average molecular weight is 185 g/mol. The molecule has 13 heavy (non-hydrogen) atoms. The minimum atomic E-state index is -0.982. The van der Waals surface area contributed by atoms with Crippen molar-refractivity contribution in [1.82, 2.24) is 4.90 Å². The van der Waals surface area contributed by atoms with Gasteiger partial charge in [-0.2, -0.15) is 0 Å². The number of aliphatic carboxylic acids is 1. The van der Waals surface area contributed by atoms with Crippen LogP contribution in [0, 0.1) is 0 Å². The molecule has 1 amide bonds. The summed E-state index contributed by atoms with van der Waals surface area (Å²) in [7, 11) is 0. The van der Waals surface area contributed by atoms with Crippen LogP contribution in [0.15, 0.2) is 0 Å². The Kier molecular flexibility index (Phi) is 2.59. The largest absolute Gasteiger partial charge is 0.480 e. The molecule has 4 heteroatoms. The summed E-state index contributed by atoms with van der Waals surface area (Å²) in [4.78, 5) is 23.6. The topological polar surface area (TPSA) is 57.6 Å². The minimum Gasteiger partial charge on any atom is -0.480 e. The highest BCUT2D eigenvalue weighted by atomic mass is 16.4. The third kappa shape index (κ3) is 1.66. The van der Waals surface area contributed by atoms with Crippen molar-refractivity contribution in [3.05, 3.63) is 0 Å². The fourth-order valence-corrected chi connectivity index (χ4v) is 1.85. The first kappa shape index (κ1) is 10.0. The number of likely N-dealkylation sites (tertiary alicyclic amines) is 1. The lowest BCUT2D eigenvalue weighted by Gasteiger charge is -2.41. The summed E-state index contributed by atoms with van der Waals surface area (Å²) in [6.07, 6.45) is 2.34. The smallest absolute Gasteiger partial charge is 0.329 e. The molecule has 0 aromatic heterocycles. The summed E-state index contributed by atoms with van der Waals surface area (Å²) in [6.45, 7) is 3.61. The molecule has 1 fully saturated rings. The number of carbonyl (C=O) groups is 2. The fourth-order valence-electron chi connectivity index (χ4n) is 1.85. The molecule has 0 spiro atoms. The van der Waals surface area contributed by atoms with E-state index in [1.807, 2.05) is 0 Å². The first-order valence-electron chi connectivity index (χ1n) is 4.50. The van der Waals surface area contributed by atoms with E-state index in [0.717, 1.165) is 12.8 Å². The first-order chi connectivity index (χ1) is 5.98. The van der Waals surface area contributed by atoms with Crippen LogP contribution < -0.4 is 0 Å². The average Bonchev–Trinajstić information content (AvgIpc) is 2.04. The van der Waals surface area contributed by atoms with Crippen molar-refractivity contribution in [2.45, 2.75) is 38.6 Å². The molecular formula is C9H15NO3. The fraction of sp³-hybridized carbons (Fsp3) is 0.778. The summed E-state index contributed by atoms with van der Waals surface area (Å²) in [6, 6.07) is 0. The molecule has 1 saturated heterocycles. The molecule has 1 rings (SSSR count). The van der Waals surface area contributed by atoms with E-state index < -0.39 is 11.5 Å². The number of hydrogen-bond donors (Lipinski definition) is 1. The molecule has 1 N–H and O–H groups in total. The molecule has 0 radical (unpaired) electrons. The van der Waals surface area contributed by atoms with Crippen LogP contribution in [-0.2, 0) is 9.59 Å². The zero-order chi connectivity index (χ0) is 10.1. The Bertz CT molecular complexity index is 239. The van der Waals surface area contributed by atoms with Crippen LogP contribution in [0.2, 0.25) is 0 Å². The predicted molar refractivity (Wildman–Crippen MR) is 47.3 cm³/mol. The zero-order valence-electron chi connectivity index (χ0n) is 8.04. The number of amides is 1. The Balaban J connectivity index is 2.89. The van der Waals surface area contributed by atoms with E-state index in [-0.39, 0.29) is 5.91 Å². The molecule has 1 atom stereocenters. The Morgan fingerprint density at radius 3 is 2.38 bits per heavy atom. The highest BCUT2D eigenvalue weighted by molar-refractivity contribution is 5.85. The van der Waals surface area contributed by atoms with Crippen LogP contribution in [0.3, 0.4) is 0 Å². The molecule has 0 saturated carbocycles. The maximum absolute atomic E-state index is 11.2. The summed E-state index contributed by atoms with van der Waals surface area (Å²) < 4.78 is 0. The third-order valence-electron chi connectivity index (χ3n) is 2.73. The third-order valence-corrected chi connectivity index (χ3v) is 2.73. The molecule has 0 aromatic rings. The highest BCUT2D eigenvalue weighted by Gasteiger charge is 2.42. The van der Waals surface area contributed by atoms with Crippen molar-refractivity contribution in [2.75, 3.05) is 6.54 Å². The van der Waals surface area contributed by atoms with E-state index >= 15 is 0 Å². The second kappa shape index (κ2) is 3.36. The molecule has 0 bridgehead atoms. The monoisotopic (exact) mass is 185 g/mol. The van der Waals surface area contributed by atoms with Crippen LogP contribution in [0.5, 0.6) is 0 Å². The van der Waals surface area contributed by atoms with Gasteiger partial charge in [-0.1, -0.05) is 0 Å². The van der Waals surface area contributed by atoms with Crippen molar-refractivity contribution >= 4 is 11.9 Å². The van der Waals surface area contributed by atoms with Gasteiger partial charge in [-0.3, -0.25) is 4.79 Å². The van der Waals surface area contributed by atoms with Crippen LogP contribution in [-0.4, -0.2) is 34.0 Å². The first-order valence-corrected chi connectivity index (χ1v) is 4.50. The summed E-state index contributed by atoms with van der Waals surface area (Å²) >= 11 is 0. The van der Waals surface area contributed by atoms with Crippen molar-refractivity contribution in [3.63, 3.8) is 0 Å². The summed E-state index contributed by atoms with van der Waals surface area (Å²) in [5.74, 6) is -1.05. The van der Waals surface area contributed by atoms with Crippen LogP contribution in [0.1, 0.15) is 33.1 Å². The van der Waals surface area contributed by atoms with Gasteiger partial charge in [0, 0.05) is 13.5 Å². The van der Waals surface area contributed by atoms with E-state index in [2.05, 4.69) is 0 Å². The number of nitrogens with zero attached hydrogens (tertiary/aromatic N) is 1. The van der Waals surface area contributed by atoms with Gasteiger partial charge >= 0.3 is 5.97 Å². The SMILES string of the molecule is CC(=O)N1CCCC[C@@]1(C)C(=O)O. The number of carboxylic acids is 1. The molecule has 0 aliphatic carbocycles. The van der Waals surface area contributed by atoms with Crippen molar-refractivity contribution in [3.8, 4) is 0 Å². The second-order valence-electron chi connectivity index (χ2n) is 3.71. The molecule has 4 nitrogen and oxygen atoms in total. The normalized spacial score (nSPS) is 28.6. The van der Waals surface area contributed by atoms with Crippen LogP contribution in [0.4, 0.5) is 0 Å². The lowest BCUT2D eigenvalue weighted by atomic mass is 9.88. The number of hydrogen-bond acceptors (Lipinski definition) is 2. The lowest BCUT2D eigenvalue weighted by Crippen LogP contribution is -2.56. The van der Waals surface area contributed by atoms with Crippen molar-refractivity contribution < 1.29 is 14.7 Å². The van der Waals surface area contributed by atoms with E-state index in [1.54, 1.807) is 6.92 Å². The van der Waals surface area contributed by atoms with Gasteiger partial charge in [0.2, 0.25) is 5.91 Å². The quantitative estimate of drug-likeness (QED) is 0.659. The van der Waals surface area contributed by atoms with Gasteiger partial charge in [0.25, 0.3) is 0 Å². The van der Waals surface area contributed by atoms with Crippen molar-refractivity contribution in [1.29, 1.82) is 0 Å². The van der Waals surface area contributed by atoms with Gasteiger partial charge in [0.05, 0.1) is 0 Å².